The average Bonchev–Trinajstić information content (AvgIpc) is 2.55. The first kappa shape index (κ1) is 19.2. The zero-order valence-corrected chi connectivity index (χ0v) is 14.1. The van der Waals surface area contributed by atoms with Crippen molar-refractivity contribution in [3.63, 3.8) is 0 Å². The maximum absolute atomic E-state index is 9.49. The van der Waals surface area contributed by atoms with E-state index in [-0.39, 0.29) is 11.8 Å². The van der Waals surface area contributed by atoms with Gasteiger partial charge in [0.25, 0.3) is 0 Å². The fourth-order valence-corrected chi connectivity index (χ4v) is 2.08. The van der Waals surface area contributed by atoms with Gasteiger partial charge < -0.3 is 21.3 Å². The predicted octanol–water partition coefficient (Wildman–Crippen LogP) is 2.61. The van der Waals surface area contributed by atoms with Crippen LogP contribution >= 0.6 is 0 Å². The maximum atomic E-state index is 9.49. The average molecular weight is 316 g/mol. The number of hydrogen-bond donors (Lipinski definition) is 4. The van der Waals surface area contributed by atoms with Gasteiger partial charge in [0.1, 0.15) is 5.75 Å². The quantitative estimate of drug-likeness (QED) is 0.684. The first-order chi connectivity index (χ1) is 10.9. The molecule has 5 N–H and O–H groups in total. The van der Waals surface area contributed by atoms with Gasteiger partial charge in [-0.1, -0.05) is 42.5 Å². The van der Waals surface area contributed by atoms with Crippen LogP contribution in [0, 0.1) is 0 Å². The van der Waals surface area contributed by atoms with E-state index in [0.717, 1.165) is 6.42 Å². The summed E-state index contributed by atoms with van der Waals surface area (Å²) < 4.78 is 0. The van der Waals surface area contributed by atoms with Gasteiger partial charge in [-0.2, -0.15) is 0 Å². The van der Waals surface area contributed by atoms with Gasteiger partial charge in [-0.3, -0.25) is 0 Å². The van der Waals surface area contributed by atoms with Crippen LogP contribution in [0.15, 0.2) is 54.6 Å². The zero-order valence-electron chi connectivity index (χ0n) is 14.1. The Morgan fingerprint density at radius 1 is 1.04 bits per heavy atom. The summed E-state index contributed by atoms with van der Waals surface area (Å²) in [6.07, 6.45) is 0.397. The van der Waals surface area contributed by atoms with E-state index in [9.17, 15) is 5.11 Å². The lowest BCUT2D eigenvalue weighted by Crippen LogP contribution is -2.24. The molecule has 0 aromatic heterocycles. The van der Waals surface area contributed by atoms with Crippen LogP contribution in [0.3, 0.4) is 0 Å². The molecule has 0 fully saturated rings. The van der Waals surface area contributed by atoms with Gasteiger partial charge in [0, 0.05) is 12.1 Å². The van der Waals surface area contributed by atoms with Crippen molar-refractivity contribution in [1.29, 1.82) is 0 Å². The molecule has 4 nitrogen and oxygen atoms in total. The Kier molecular flexibility index (Phi) is 8.33. The zero-order chi connectivity index (χ0) is 17.2. The molecule has 2 aromatic carbocycles. The molecule has 0 radical (unpaired) electrons. The third-order valence-electron chi connectivity index (χ3n) is 3.59. The molecular weight excluding hydrogens is 288 g/mol. The summed E-state index contributed by atoms with van der Waals surface area (Å²) in [4.78, 5) is 0. The Bertz CT molecular complexity index is 558. The number of nitrogens with one attached hydrogen (secondary N) is 1. The third-order valence-corrected chi connectivity index (χ3v) is 3.59. The number of benzene rings is 2. The highest BCUT2D eigenvalue weighted by molar-refractivity contribution is 5.29. The maximum Gasteiger partial charge on any atom is 0.115 e. The minimum Gasteiger partial charge on any atom is -0.508 e. The summed E-state index contributed by atoms with van der Waals surface area (Å²) in [6, 6.07) is 17.2. The summed E-state index contributed by atoms with van der Waals surface area (Å²) in [6.45, 7) is 3.90. The van der Waals surface area contributed by atoms with Crippen LogP contribution < -0.4 is 11.1 Å². The van der Waals surface area contributed by atoms with Crippen molar-refractivity contribution < 1.29 is 10.2 Å². The number of aliphatic hydroxyl groups is 1. The molecule has 0 spiro atoms. The molecule has 0 amide bonds. The SMILES string of the molecule is CN[C@@H](C)Cc1ccccc1.C[C@H](N)[C@H](O)c1cccc(O)c1. The predicted molar refractivity (Wildman–Crippen MR) is 95.4 cm³/mol. The van der Waals surface area contributed by atoms with Crippen LogP contribution in [0.2, 0.25) is 0 Å². The molecule has 23 heavy (non-hydrogen) atoms. The number of phenolic OH excluding ortho intramolecular Hbond substituents is 1. The van der Waals surface area contributed by atoms with Crippen molar-refractivity contribution >= 4 is 0 Å². The van der Waals surface area contributed by atoms with Crippen LogP contribution in [-0.4, -0.2) is 29.3 Å². The number of nitrogens with two attached hydrogens (primary N) is 1. The van der Waals surface area contributed by atoms with E-state index < -0.39 is 6.10 Å². The molecule has 4 heteroatoms. The Hall–Kier alpha value is -1.88. The molecule has 0 aliphatic rings. The number of phenols is 1. The second kappa shape index (κ2) is 10.0. The van der Waals surface area contributed by atoms with Crippen molar-refractivity contribution in [2.45, 2.75) is 38.5 Å². The first-order valence-electron chi connectivity index (χ1n) is 7.87. The van der Waals surface area contributed by atoms with Gasteiger partial charge in [-0.25, -0.2) is 0 Å². The van der Waals surface area contributed by atoms with Crippen molar-refractivity contribution in [2.24, 2.45) is 5.73 Å². The van der Waals surface area contributed by atoms with Crippen LogP contribution in [0.1, 0.15) is 31.1 Å². The summed E-state index contributed by atoms with van der Waals surface area (Å²) in [5.74, 6) is 0.146. The molecule has 2 aromatic rings. The largest absolute Gasteiger partial charge is 0.508 e. The summed E-state index contributed by atoms with van der Waals surface area (Å²) in [7, 11) is 1.99. The van der Waals surface area contributed by atoms with Crippen LogP contribution in [0.4, 0.5) is 0 Å². The van der Waals surface area contributed by atoms with Gasteiger partial charge in [-0.05, 0) is 50.6 Å². The standard InChI is InChI=1S/C10H15N.C9H13NO2/c1-9(11-2)8-10-6-4-3-5-7-10;1-6(10)9(12)7-3-2-4-8(11)5-7/h3-7,9,11H,8H2,1-2H3;2-6,9,11-12H,10H2,1H3/t9-;6-,9-/m00/s1. The van der Waals surface area contributed by atoms with Crippen LogP contribution in [0.5, 0.6) is 5.75 Å². The van der Waals surface area contributed by atoms with Crippen LogP contribution in [0.25, 0.3) is 0 Å². The van der Waals surface area contributed by atoms with E-state index in [1.54, 1.807) is 25.1 Å². The van der Waals surface area contributed by atoms with E-state index >= 15 is 0 Å². The van der Waals surface area contributed by atoms with Gasteiger partial charge in [0.05, 0.1) is 6.10 Å². The molecule has 0 saturated carbocycles. The normalized spacial score (nSPS) is 14.3. The lowest BCUT2D eigenvalue weighted by atomic mass is 10.0. The number of rotatable bonds is 5. The second-order valence-electron chi connectivity index (χ2n) is 5.78. The monoisotopic (exact) mass is 316 g/mol. The molecule has 0 aliphatic heterocycles. The summed E-state index contributed by atoms with van der Waals surface area (Å²) in [5.41, 5.74) is 7.53. The first-order valence-corrected chi connectivity index (χ1v) is 7.87. The van der Waals surface area contributed by atoms with E-state index in [1.165, 1.54) is 11.6 Å². The van der Waals surface area contributed by atoms with E-state index in [2.05, 4.69) is 36.5 Å². The van der Waals surface area contributed by atoms with Gasteiger partial charge >= 0.3 is 0 Å². The summed E-state index contributed by atoms with van der Waals surface area (Å²) in [5, 5.41) is 21.8. The van der Waals surface area contributed by atoms with Crippen molar-refractivity contribution in [2.75, 3.05) is 7.05 Å². The highest BCUT2D eigenvalue weighted by Gasteiger charge is 2.11. The molecule has 0 saturated heterocycles. The number of hydrogen-bond acceptors (Lipinski definition) is 4. The van der Waals surface area contributed by atoms with Gasteiger partial charge in [0.15, 0.2) is 0 Å². The van der Waals surface area contributed by atoms with Crippen molar-refractivity contribution in [3.05, 3.63) is 65.7 Å². The van der Waals surface area contributed by atoms with E-state index in [4.69, 9.17) is 10.8 Å². The Labute approximate surface area is 139 Å². The topological polar surface area (TPSA) is 78.5 Å². The minimum absolute atomic E-state index is 0.146. The highest BCUT2D eigenvalue weighted by atomic mass is 16.3. The fourth-order valence-electron chi connectivity index (χ4n) is 2.08. The fraction of sp³-hybridized carbons (Fsp3) is 0.368. The van der Waals surface area contributed by atoms with Crippen molar-refractivity contribution in [3.8, 4) is 5.75 Å². The Morgan fingerprint density at radius 2 is 1.70 bits per heavy atom. The number of aromatic hydroxyl groups is 1. The summed E-state index contributed by atoms with van der Waals surface area (Å²) >= 11 is 0. The Balaban J connectivity index is 0.000000231. The lowest BCUT2D eigenvalue weighted by molar-refractivity contribution is 0.153. The number of likely N-dealkylation sites (N-methyl/N-ethyl adjacent to an activating group) is 1. The van der Waals surface area contributed by atoms with E-state index in [1.807, 2.05) is 13.1 Å². The van der Waals surface area contributed by atoms with Crippen molar-refractivity contribution in [1.82, 2.24) is 5.32 Å². The molecule has 3 atom stereocenters. The van der Waals surface area contributed by atoms with Crippen LogP contribution in [-0.2, 0) is 6.42 Å². The number of aliphatic hydroxyl groups excluding tert-OH is 1. The smallest absolute Gasteiger partial charge is 0.115 e. The van der Waals surface area contributed by atoms with Gasteiger partial charge in [-0.15, -0.1) is 0 Å². The molecule has 0 bridgehead atoms. The van der Waals surface area contributed by atoms with Gasteiger partial charge in [0.2, 0.25) is 0 Å². The molecule has 0 unspecified atom stereocenters. The van der Waals surface area contributed by atoms with E-state index in [0.29, 0.717) is 11.6 Å². The molecule has 0 aliphatic carbocycles. The highest BCUT2D eigenvalue weighted by Crippen LogP contribution is 2.19. The molecule has 2 rings (SSSR count). The third kappa shape index (κ3) is 7.28. The minimum atomic E-state index is -0.711. The Morgan fingerprint density at radius 3 is 2.22 bits per heavy atom. The second-order valence-corrected chi connectivity index (χ2v) is 5.78. The molecule has 126 valence electrons. The molecule has 0 heterocycles. The lowest BCUT2D eigenvalue weighted by Gasteiger charge is -2.14. The molecular formula is C19H28N2O2.